The second-order valence-corrected chi connectivity index (χ2v) is 6.26. The van der Waals surface area contributed by atoms with E-state index in [1.807, 2.05) is 0 Å². The van der Waals surface area contributed by atoms with Gasteiger partial charge >= 0.3 is 0 Å². The Morgan fingerprint density at radius 2 is 2.04 bits per heavy atom. The Balaban J connectivity index is 2.67. The highest BCUT2D eigenvalue weighted by molar-refractivity contribution is 5.84. The molecule has 0 aliphatic carbocycles. The topological polar surface area (TPSA) is 75.2 Å². The van der Waals surface area contributed by atoms with Crippen molar-refractivity contribution in [3.63, 3.8) is 0 Å². The SMILES string of the molecule is CCC(C)NC(=NCC(=O)N(C)C)NCC1(OC)CCOCC1. The average Bonchev–Trinajstić information content (AvgIpc) is 2.57. The molecule has 0 aromatic carbocycles. The van der Waals surface area contributed by atoms with Gasteiger partial charge in [0.2, 0.25) is 5.91 Å². The second-order valence-electron chi connectivity index (χ2n) is 6.26. The van der Waals surface area contributed by atoms with Crippen LogP contribution >= 0.6 is 0 Å². The molecule has 1 fully saturated rings. The van der Waals surface area contributed by atoms with Crippen LogP contribution in [-0.2, 0) is 14.3 Å². The smallest absolute Gasteiger partial charge is 0.243 e. The van der Waals surface area contributed by atoms with Crippen LogP contribution in [0.15, 0.2) is 4.99 Å². The number of likely N-dealkylation sites (N-methyl/N-ethyl adjacent to an activating group) is 1. The minimum atomic E-state index is -0.234. The van der Waals surface area contributed by atoms with Gasteiger partial charge in [0.15, 0.2) is 5.96 Å². The van der Waals surface area contributed by atoms with Gasteiger partial charge in [0.1, 0.15) is 6.54 Å². The lowest BCUT2D eigenvalue weighted by Crippen LogP contribution is -2.52. The molecule has 0 radical (unpaired) electrons. The van der Waals surface area contributed by atoms with Crippen LogP contribution in [0.1, 0.15) is 33.1 Å². The maximum absolute atomic E-state index is 11.7. The van der Waals surface area contributed by atoms with Crippen molar-refractivity contribution in [1.82, 2.24) is 15.5 Å². The summed E-state index contributed by atoms with van der Waals surface area (Å²) >= 11 is 0. The summed E-state index contributed by atoms with van der Waals surface area (Å²) < 4.78 is 11.1. The van der Waals surface area contributed by atoms with Crippen LogP contribution in [0.3, 0.4) is 0 Å². The molecule has 1 unspecified atom stereocenters. The molecule has 1 atom stereocenters. The Hall–Kier alpha value is -1.34. The van der Waals surface area contributed by atoms with E-state index in [1.54, 1.807) is 26.1 Å². The van der Waals surface area contributed by atoms with E-state index in [1.165, 1.54) is 0 Å². The molecular formula is C16H32N4O3. The summed E-state index contributed by atoms with van der Waals surface area (Å²) in [6.45, 7) is 6.38. The number of amides is 1. The highest BCUT2D eigenvalue weighted by Crippen LogP contribution is 2.23. The Kier molecular flexibility index (Phi) is 8.33. The van der Waals surface area contributed by atoms with Gasteiger partial charge in [-0.15, -0.1) is 0 Å². The Bertz CT molecular complexity index is 393. The molecule has 1 aliphatic rings. The van der Waals surface area contributed by atoms with E-state index >= 15 is 0 Å². The molecule has 2 N–H and O–H groups in total. The first kappa shape index (κ1) is 19.7. The van der Waals surface area contributed by atoms with Crippen molar-refractivity contribution in [3.8, 4) is 0 Å². The van der Waals surface area contributed by atoms with E-state index in [-0.39, 0.29) is 24.1 Å². The van der Waals surface area contributed by atoms with Crippen molar-refractivity contribution < 1.29 is 14.3 Å². The van der Waals surface area contributed by atoms with Crippen LogP contribution in [0.5, 0.6) is 0 Å². The van der Waals surface area contributed by atoms with Gasteiger partial charge in [-0.2, -0.15) is 0 Å². The number of ether oxygens (including phenoxy) is 2. The van der Waals surface area contributed by atoms with Gasteiger partial charge < -0.3 is 25.0 Å². The monoisotopic (exact) mass is 328 g/mol. The van der Waals surface area contributed by atoms with Gasteiger partial charge in [0.05, 0.1) is 5.60 Å². The number of methoxy groups -OCH3 is 1. The van der Waals surface area contributed by atoms with E-state index in [4.69, 9.17) is 9.47 Å². The van der Waals surface area contributed by atoms with Crippen LogP contribution < -0.4 is 10.6 Å². The van der Waals surface area contributed by atoms with E-state index in [0.29, 0.717) is 25.7 Å². The minimum Gasteiger partial charge on any atom is -0.381 e. The quantitative estimate of drug-likeness (QED) is 0.529. The Labute approximate surface area is 139 Å². The second kappa shape index (κ2) is 9.72. The molecule has 0 saturated carbocycles. The zero-order valence-electron chi connectivity index (χ0n) is 15.1. The maximum Gasteiger partial charge on any atom is 0.243 e. The summed E-state index contributed by atoms with van der Waals surface area (Å²) in [4.78, 5) is 17.7. The van der Waals surface area contributed by atoms with Gasteiger partial charge in [-0.05, 0) is 13.3 Å². The van der Waals surface area contributed by atoms with E-state index in [9.17, 15) is 4.79 Å². The van der Waals surface area contributed by atoms with Crippen molar-refractivity contribution in [1.29, 1.82) is 0 Å². The third kappa shape index (κ3) is 6.74. The molecule has 0 bridgehead atoms. The number of hydrogen-bond donors (Lipinski definition) is 2. The third-order valence-electron chi connectivity index (χ3n) is 4.28. The van der Waals surface area contributed by atoms with E-state index in [0.717, 1.165) is 19.3 Å². The molecule has 7 heteroatoms. The Morgan fingerprint density at radius 3 is 2.57 bits per heavy atom. The molecule has 1 heterocycles. The van der Waals surface area contributed by atoms with Gasteiger partial charge in [-0.3, -0.25) is 4.79 Å². The van der Waals surface area contributed by atoms with Crippen LogP contribution in [0.4, 0.5) is 0 Å². The molecule has 134 valence electrons. The number of carbonyl (C=O) groups is 1. The van der Waals surface area contributed by atoms with E-state index < -0.39 is 0 Å². The van der Waals surface area contributed by atoms with Crippen molar-refractivity contribution in [2.45, 2.75) is 44.8 Å². The van der Waals surface area contributed by atoms with Gasteiger partial charge in [0.25, 0.3) is 0 Å². The molecule has 0 spiro atoms. The maximum atomic E-state index is 11.7. The molecular weight excluding hydrogens is 296 g/mol. The fourth-order valence-electron chi connectivity index (χ4n) is 2.22. The highest BCUT2D eigenvalue weighted by Gasteiger charge is 2.32. The van der Waals surface area contributed by atoms with Crippen molar-refractivity contribution in [2.75, 3.05) is 47.5 Å². The zero-order chi connectivity index (χ0) is 17.3. The van der Waals surface area contributed by atoms with Gasteiger partial charge in [-0.25, -0.2) is 4.99 Å². The summed E-state index contributed by atoms with van der Waals surface area (Å²) in [5, 5.41) is 6.65. The number of aliphatic imine (C=N–C) groups is 1. The van der Waals surface area contributed by atoms with Crippen molar-refractivity contribution in [2.24, 2.45) is 4.99 Å². The number of nitrogens with zero attached hydrogens (tertiary/aromatic N) is 2. The number of guanidine groups is 1. The molecule has 23 heavy (non-hydrogen) atoms. The zero-order valence-corrected chi connectivity index (χ0v) is 15.1. The van der Waals surface area contributed by atoms with Gasteiger partial charge in [-0.1, -0.05) is 6.92 Å². The third-order valence-corrected chi connectivity index (χ3v) is 4.28. The van der Waals surface area contributed by atoms with Crippen molar-refractivity contribution in [3.05, 3.63) is 0 Å². The molecule has 1 saturated heterocycles. The Morgan fingerprint density at radius 1 is 1.39 bits per heavy atom. The molecule has 0 aromatic rings. The highest BCUT2D eigenvalue weighted by atomic mass is 16.5. The summed E-state index contributed by atoms with van der Waals surface area (Å²) in [5.41, 5.74) is -0.234. The molecule has 7 nitrogen and oxygen atoms in total. The first-order chi connectivity index (χ1) is 10.9. The standard InChI is InChI=1S/C16H32N4O3/c1-6-13(2)19-15(17-11-14(21)20(3)4)18-12-16(22-5)7-9-23-10-8-16/h13H,6-12H2,1-5H3,(H2,17,18,19). The number of hydrogen-bond acceptors (Lipinski definition) is 4. The summed E-state index contributed by atoms with van der Waals surface area (Å²) in [7, 11) is 5.20. The van der Waals surface area contributed by atoms with E-state index in [2.05, 4.69) is 29.5 Å². The fourth-order valence-corrected chi connectivity index (χ4v) is 2.22. The normalized spacial score (nSPS) is 19.1. The van der Waals surface area contributed by atoms with Crippen LogP contribution in [0.2, 0.25) is 0 Å². The largest absolute Gasteiger partial charge is 0.381 e. The lowest BCUT2D eigenvalue weighted by molar-refractivity contribution is -0.127. The van der Waals surface area contributed by atoms with Crippen LogP contribution in [-0.4, -0.2) is 75.9 Å². The lowest BCUT2D eigenvalue weighted by atomic mass is 9.94. The van der Waals surface area contributed by atoms with Crippen LogP contribution in [0.25, 0.3) is 0 Å². The molecule has 1 amide bonds. The first-order valence-corrected chi connectivity index (χ1v) is 8.30. The molecule has 0 aromatic heterocycles. The van der Waals surface area contributed by atoms with Crippen LogP contribution in [0, 0.1) is 0 Å². The number of nitrogens with one attached hydrogen (secondary N) is 2. The fraction of sp³-hybridized carbons (Fsp3) is 0.875. The summed E-state index contributed by atoms with van der Waals surface area (Å²) in [6, 6.07) is 0.281. The van der Waals surface area contributed by atoms with Gasteiger partial charge in [0, 0.05) is 59.8 Å². The minimum absolute atomic E-state index is 0.0252. The summed E-state index contributed by atoms with van der Waals surface area (Å²) in [5.74, 6) is 0.625. The first-order valence-electron chi connectivity index (χ1n) is 8.30. The average molecular weight is 328 g/mol. The molecule has 1 aliphatic heterocycles. The number of carbonyl (C=O) groups excluding carboxylic acids is 1. The predicted molar refractivity (Wildman–Crippen MR) is 91.7 cm³/mol. The van der Waals surface area contributed by atoms with Crippen molar-refractivity contribution >= 4 is 11.9 Å². The lowest BCUT2D eigenvalue weighted by Gasteiger charge is -2.36. The number of rotatable bonds is 7. The predicted octanol–water partition coefficient (Wildman–Crippen LogP) is 0.604. The summed E-state index contributed by atoms with van der Waals surface area (Å²) in [6.07, 6.45) is 2.68. The molecule has 1 rings (SSSR count).